The molecule has 1 aromatic carbocycles. The van der Waals surface area contributed by atoms with Crippen LogP contribution in [0.2, 0.25) is 0 Å². The SMILES string of the molecule is O=C(CC1CCC1)c1ccc2ccccc2n1. The van der Waals surface area contributed by atoms with E-state index in [1.165, 1.54) is 19.3 Å². The largest absolute Gasteiger partial charge is 0.292 e. The summed E-state index contributed by atoms with van der Waals surface area (Å²) in [7, 11) is 0. The number of nitrogens with zero attached hydrogens (tertiary/aromatic N) is 1. The van der Waals surface area contributed by atoms with Crippen LogP contribution in [-0.4, -0.2) is 10.8 Å². The van der Waals surface area contributed by atoms with Gasteiger partial charge in [-0.1, -0.05) is 43.5 Å². The molecule has 0 amide bonds. The molecule has 0 spiro atoms. The molecule has 1 aliphatic carbocycles. The first-order valence-electron chi connectivity index (χ1n) is 6.22. The fourth-order valence-corrected chi connectivity index (χ4v) is 2.29. The summed E-state index contributed by atoms with van der Waals surface area (Å²) in [6.45, 7) is 0. The molecule has 17 heavy (non-hydrogen) atoms. The van der Waals surface area contributed by atoms with Crippen LogP contribution in [0.25, 0.3) is 10.9 Å². The van der Waals surface area contributed by atoms with E-state index < -0.39 is 0 Å². The lowest BCUT2D eigenvalue weighted by Gasteiger charge is -2.24. The fraction of sp³-hybridized carbons (Fsp3) is 0.333. The highest BCUT2D eigenvalue weighted by Crippen LogP contribution is 2.30. The summed E-state index contributed by atoms with van der Waals surface area (Å²) in [5.41, 5.74) is 1.53. The summed E-state index contributed by atoms with van der Waals surface area (Å²) in [5, 5.41) is 1.09. The quantitative estimate of drug-likeness (QED) is 0.747. The maximum absolute atomic E-state index is 12.0. The molecule has 2 aromatic rings. The van der Waals surface area contributed by atoms with Gasteiger partial charge in [-0.25, -0.2) is 4.98 Å². The van der Waals surface area contributed by atoms with Gasteiger partial charge in [-0.2, -0.15) is 0 Å². The molecule has 2 heteroatoms. The van der Waals surface area contributed by atoms with Crippen LogP contribution < -0.4 is 0 Å². The molecule has 0 radical (unpaired) electrons. The van der Waals surface area contributed by atoms with Crippen molar-refractivity contribution in [3.63, 3.8) is 0 Å². The molecule has 86 valence electrons. The molecular formula is C15H15NO. The van der Waals surface area contributed by atoms with Crippen LogP contribution in [0, 0.1) is 5.92 Å². The summed E-state index contributed by atoms with van der Waals surface area (Å²) in [4.78, 5) is 16.5. The zero-order valence-electron chi connectivity index (χ0n) is 9.73. The molecule has 0 saturated heterocycles. The topological polar surface area (TPSA) is 30.0 Å². The van der Waals surface area contributed by atoms with Gasteiger partial charge in [-0.05, 0) is 18.1 Å². The second kappa shape index (κ2) is 4.28. The number of hydrogen-bond acceptors (Lipinski definition) is 2. The van der Waals surface area contributed by atoms with E-state index >= 15 is 0 Å². The van der Waals surface area contributed by atoms with Crippen molar-refractivity contribution in [2.75, 3.05) is 0 Å². The molecule has 0 N–H and O–H groups in total. The van der Waals surface area contributed by atoms with Gasteiger partial charge < -0.3 is 0 Å². The maximum atomic E-state index is 12.0. The molecular weight excluding hydrogens is 210 g/mol. The molecule has 0 unspecified atom stereocenters. The van der Waals surface area contributed by atoms with Crippen LogP contribution in [0.4, 0.5) is 0 Å². The standard InChI is InChI=1S/C15H15NO/c17-15(10-11-4-3-5-11)14-9-8-12-6-1-2-7-13(12)16-14/h1-2,6-9,11H,3-5,10H2. The highest BCUT2D eigenvalue weighted by Gasteiger charge is 2.21. The van der Waals surface area contributed by atoms with Crippen LogP contribution in [0.1, 0.15) is 36.2 Å². The van der Waals surface area contributed by atoms with Gasteiger partial charge in [0.2, 0.25) is 0 Å². The average Bonchev–Trinajstić information content (AvgIpc) is 2.33. The fourth-order valence-electron chi connectivity index (χ4n) is 2.29. The van der Waals surface area contributed by atoms with Crippen molar-refractivity contribution in [3.05, 3.63) is 42.1 Å². The predicted octanol–water partition coefficient (Wildman–Crippen LogP) is 3.61. The third-order valence-corrected chi connectivity index (χ3v) is 3.58. The number of carbonyl (C=O) groups excluding carboxylic acids is 1. The van der Waals surface area contributed by atoms with Crippen LogP contribution in [0.5, 0.6) is 0 Å². The molecule has 1 aliphatic rings. The van der Waals surface area contributed by atoms with E-state index in [-0.39, 0.29) is 5.78 Å². The minimum absolute atomic E-state index is 0.195. The number of carbonyl (C=O) groups is 1. The Hall–Kier alpha value is -1.70. The number of aromatic nitrogens is 1. The monoisotopic (exact) mass is 225 g/mol. The van der Waals surface area contributed by atoms with Crippen molar-refractivity contribution >= 4 is 16.7 Å². The molecule has 0 aliphatic heterocycles. The van der Waals surface area contributed by atoms with E-state index in [1.54, 1.807) is 0 Å². The lowest BCUT2D eigenvalue weighted by molar-refractivity contribution is 0.0932. The summed E-state index contributed by atoms with van der Waals surface area (Å²) in [5.74, 6) is 0.802. The maximum Gasteiger partial charge on any atom is 0.181 e. The van der Waals surface area contributed by atoms with E-state index in [0.29, 0.717) is 18.0 Å². The Bertz CT molecular complexity index is 558. The van der Waals surface area contributed by atoms with Crippen LogP contribution in [0.15, 0.2) is 36.4 Å². The first-order valence-corrected chi connectivity index (χ1v) is 6.22. The minimum atomic E-state index is 0.195. The molecule has 1 saturated carbocycles. The third-order valence-electron chi connectivity index (χ3n) is 3.58. The number of fused-ring (bicyclic) bond motifs is 1. The Morgan fingerprint density at radius 1 is 1.18 bits per heavy atom. The van der Waals surface area contributed by atoms with Gasteiger partial charge in [0.05, 0.1) is 5.52 Å². The van der Waals surface area contributed by atoms with Crippen molar-refractivity contribution in [2.24, 2.45) is 5.92 Å². The molecule has 3 rings (SSSR count). The van der Waals surface area contributed by atoms with Gasteiger partial charge in [-0.3, -0.25) is 4.79 Å². The van der Waals surface area contributed by atoms with E-state index in [2.05, 4.69) is 4.98 Å². The Balaban J connectivity index is 1.86. The van der Waals surface area contributed by atoms with Crippen LogP contribution >= 0.6 is 0 Å². The first kappa shape index (κ1) is 10.5. The smallest absolute Gasteiger partial charge is 0.181 e. The van der Waals surface area contributed by atoms with Crippen molar-refractivity contribution in [3.8, 4) is 0 Å². The van der Waals surface area contributed by atoms with Gasteiger partial charge in [0.25, 0.3) is 0 Å². The zero-order chi connectivity index (χ0) is 11.7. The first-order chi connectivity index (χ1) is 8.33. The number of benzene rings is 1. The second-order valence-electron chi connectivity index (χ2n) is 4.81. The number of para-hydroxylation sites is 1. The number of rotatable bonds is 3. The summed E-state index contributed by atoms with van der Waals surface area (Å²) < 4.78 is 0. The average molecular weight is 225 g/mol. The summed E-state index contributed by atoms with van der Waals surface area (Å²) in [6, 6.07) is 11.7. The van der Waals surface area contributed by atoms with Crippen molar-refractivity contribution in [1.29, 1.82) is 0 Å². The Kier molecular flexibility index (Phi) is 2.63. The molecule has 1 aromatic heterocycles. The normalized spacial score (nSPS) is 15.8. The molecule has 0 atom stereocenters. The molecule has 1 fully saturated rings. The molecule has 2 nitrogen and oxygen atoms in total. The highest BCUT2D eigenvalue weighted by atomic mass is 16.1. The van der Waals surface area contributed by atoms with Crippen molar-refractivity contribution in [2.45, 2.75) is 25.7 Å². The number of Topliss-reactive ketones (excluding diaryl/α,β-unsaturated/α-hetero) is 1. The summed E-state index contributed by atoms with van der Waals surface area (Å²) >= 11 is 0. The van der Waals surface area contributed by atoms with E-state index in [9.17, 15) is 4.79 Å². The lowest BCUT2D eigenvalue weighted by Crippen LogP contribution is -2.16. The van der Waals surface area contributed by atoms with Gasteiger partial charge in [0.1, 0.15) is 5.69 Å². The Morgan fingerprint density at radius 3 is 2.76 bits per heavy atom. The molecule has 1 heterocycles. The van der Waals surface area contributed by atoms with Gasteiger partial charge in [-0.15, -0.1) is 0 Å². The van der Waals surface area contributed by atoms with Crippen LogP contribution in [0.3, 0.4) is 0 Å². The Labute approximate surface area is 101 Å². The number of hydrogen-bond donors (Lipinski definition) is 0. The van der Waals surface area contributed by atoms with E-state index in [4.69, 9.17) is 0 Å². The van der Waals surface area contributed by atoms with E-state index in [0.717, 1.165) is 10.9 Å². The Morgan fingerprint density at radius 2 is 2.00 bits per heavy atom. The van der Waals surface area contributed by atoms with Crippen LogP contribution in [-0.2, 0) is 0 Å². The van der Waals surface area contributed by atoms with Crippen molar-refractivity contribution < 1.29 is 4.79 Å². The van der Waals surface area contributed by atoms with Crippen molar-refractivity contribution in [1.82, 2.24) is 4.98 Å². The van der Waals surface area contributed by atoms with Gasteiger partial charge in [0.15, 0.2) is 5.78 Å². The minimum Gasteiger partial charge on any atom is -0.292 e. The lowest BCUT2D eigenvalue weighted by atomic mass is 9.81. The van der Waals surface area contributed by atoms with E-state index in [1.807, 2.05) is 36.4 Å². The zero-order valence-corrected chi connectivity index (χ0v) is 9.73. The van der Waals surface area contributed by atoms with Gasteiger partial charge >= 0.3 is 0 Å². The molecule has 0 bridgehead atoms. The number of ketones is 1. The summed E-state index contributed by atoms with van der Waals surface area (Å²) in [6.07, 6.45) is 4.37. The number of pyridine rings is 1. The third kappa shape index (κ3) is 2.07. The highest BCUT2D eigenvalue weighted by molar-refractivity contribution is 5.96. The second-order valence-corrected chi connectivity index (χ2v) is 4.81. The van der Waals surface area contributed by atoms with Gasteiger partial charge in [0, 0.05) is 11.8 Å². The predicted molar refractivity (Wildman–Crippen MR) is 68.0 cm³/mol.